The smallest absolute Gasteiger partial charge is 0.407 e. The van der Waals surface area contributed by atoms with Crippen LogP contribution in [0.15, 0.2) is 46.9 Å². The first kappa shape index (κ1) is 42.2. The summed E-state index contributed by atoms with van der Waals surface area (Å²) in [6, 6.07) is 11.5. The summed E-state index contributed by atoms with van der Waals surface area (Å²) in [5.74, 6) is -3.14. The van der Waals surface area contributed by atoms with Crippen LogP contribution in [0.5, 0.6) is 0 Å². The molecule has 0 unspecified atom stereocenters. The molecule has 3 rings (SSSR count). The molecule has 0 fully saturated rings. The van der Waals surface area contributed by atoms with Gasteiger partial charge in [-0.05, 0) is 43.0 Å². The van der Waals surface area contributed by atoms with E-state index >= 15 is 0 Å². The second-order valence-electron chi connectivity index (χ2n) is 11.8. The molecule has 0 saturated carbocycles. The van der Waals surface area contributed by atoms with Gasteiger partial charge in [-0.15, -0.1) is 0 Å². The fourth-order valence-corrected chi connectivity index (χ4v) is 5.20. The van der Waals surface area contributed by atoms with Gasteiger partial charge in [-0.3, -0.25) is 28.8 Å². The number of methoxy groups -OCH3 is 2. The molecular formula is C37H44N4O13. The number of carbonyl (C=O) groups is 8. The van der Waals surface area contributed by atoms with Crippen LogP contribution in [0.1, 0.15) is 53.2 Å². The molecule has 3 aromatic rings. The summed E-state index contributed by atoms with van der Waals surface area (Å²) in [7, 11) is 2.32. The zero-order valence-electron chi connectivity index (χ0n) is 30.8. The highest BCUT2D eigenvalue weighted by Gasteiger charge is 2.23. The summed E-state index contributed by atoms with van der Waals surface area (Å²) >= 11 is 0. The lowest BCUT2D eigenvalue weighted by Gasteiger charge is -2.21. The van der Waals surface area contributed by atoms with Gasteiger partial charge >= 0.3 is 24.1 Å². The molecule has 0 aliphatic carbocycles. The number of fused-ring (bicyclic) bond motifs is 1. The molecule has 4 amide bonds. The van der Waals surface area contributed by atoms with Crippen molar-refractivity contribution < 1.29 is 61.7 Å². The van der Waals surface area contributed by atoms with E-state index in [9.17, 15) is 38.4 Å². The first-order chi connectivity index (χ1) is 25.8. The van der Waals surface area contributed by atoms with Crippen LogP contribution in [0.3, 0.4) is 0 Å². The van der Waals surface area contributed by atoms with Crippen molar-refractivity contribution in [3.63, 3.8) is 0 Å². The summed E-state index contributed by atoms with van der Waals surface area (Å²) in [4.78, 5) is 101. The predicted octanol–water partition coefficient (Wildman–Crippen LogP) is 3.05. The molecule has 0 radical (unpaired) electrons. The van der Waals surface area contributed by atoms with Gasteiger partial charge in [-0.1, -0.05) is 44.2 Å². The van der Waals surface area contributed by atoms with E-state index in [2.05, 4.69) is 20.1 Å². The third-order valence-electron chi connectivity index (χ3n) is 7.82. The Morgan fingerprint density at radius 3 is 1.67 bits per heavy atom. The zero-order chi connectivity index (χ0) is 39.8. The van der Waals surface area contributed by atoms with Gasteiger partial charge in [0.1, 0.15) is 37.5 Å². The average molecular weight is 753 g/mol. The fraction of sp³-hybridized carbons (Fsp3) is 0.405. The summed E-state index contributed by atoms with van der Waals surface area (Å²) in [5.41, 5.74) is 2.09. The van der Waals surface area contributed by atoms with Crippen LogP contribution in [-0.2, 0) is 38.1 Å². The Bertz CT molecular complexity index is 1850. The molecule has 2 N–H and O–H groups in total. The first-order valence-corrected chi connectivity index (χ1v) is 17.0. The van der Waals surface area contributed by atoms with Crippen molar-refractivity contribution in [2.75, 3.05) is 66.7 Å². The van der Waals surface area contributed by atoms with E-state index in [1.165, 1.54) is 9.80 Å². The molecule has 0 atom stereocenters. The van der Waals surface area contributed by atoms with Crippen molar-refractivity contribution in [3.05, 3.63) is 59.4 Å². The van der Waals surface area contributed by atoms with Crippen molar-refractivity contribution in [2.45, 2.75) is 33.6 Å². The fourth-order valence-electron chi connectivity index (χ4n) is 5.20. The Labute approximate surface area is 311 Å². The Balaban J connectivity index is 1.63. The Hall–Kier alpha value is -6.26. The molecule has 1 heterocycles. The molecule has 0 bridgehead atoms. The number of ketones is 2. The van der Waals surface area contributed by atoms with E-state index in [0.717, 1.165) is 14.2 Å². The predicted molar refractivity (Wildman–Crippen MR) is 192 cm³/mol. The number of carbonyl (C=O) groups excluding carboxylic acids is 8. The summed E-state index contributed by atoms with van der Waals surface area (Å²) in [6.07, 6.45) is -0.498. The highest BCUT2D eigenvalue weighted by atomic mass is 16.5. The second kappa shape index (κ2) is 20.7. The number of amides is 4. The number of esters is 2. The zero-order valence-corrected chi connectivity index (χ0v) is 30.8. The SMILES string of the molecule is CCCN(CC(=O)OCC(=O)c1ccc(-c2ccc(C(=O)COC(=O)CN(CCC)C(=O)CNC(=O)OC)c3oc(C)cc23)cc1)C(=O)CNC(=O)OC. The molecule has 0 aliphatic heterocycles. The number of rotatable bonds is 19. The summed E-state index contributed by atoms with van der Waals surface area (Å²) < 4.78 is 25.1. The van der Waals surface area contributed by atoms with Gasteiger partial charge in [0.2, 0.25) is 17.6 Å². The summed E-state index contributed by atoms with van der Waals surface area (Å²) in [5, 5.41) is 5.13. The van der Waals surface area contributed by atoms with Crippen LogP contribution in [0, 0.1) is 6.92 Å². The van der Waals surface area contributed by atoms with Crippen LogP contribution in [0.2, 0.25) is 0 Å². The van der Waals surface area contributed by atoms with Crippen LogP contribution in [0.4, 0.5) is 9.59 Å². The van der Waals surface area contributed by atoms with Gasteiger partial charge in [-0.2, -0.15) is 0 Å². The lowest BCUT2D eigenvalue weighted by atomic mass is 9.96. The number of hydrogen-bond donors (Lipinski definition) is 2. The summed E-state index contributed by atoms with van der Waals surface area (Å²) in [6.45, 7) is 3.06. The number of aryl methyl sites for hydroxylation is 1. The molecule has 0 saturated heterocycles. The quantitative estimate of drug-likeness (QED) is 0.102. The minimum atomic E-state index is -0.810. The van der Waals surface area contributed by atoms with Gasteiger partial charge < -0.3 is 43.8 Å². The maximum Gasteiger partial charge on any atom is 0.407 e. The minimum absolute atomic E-state index is 0.172. The maximum atomic E-state index is 13.2. The van der Waals surface area contributed by atoms with E-state index in [-0.39, 0.29) is 42.9 Å². The van der Waals surface area contributed by atoms with Gasteiger partial charge in [0.25, 0.3) is 0 Å². The van der Waals surface area contributed by atoms with Crippen LogP contribution < -0.4 is 10.6 Å². The van der Waals surface area contributed by atoms with Gasteiger partial charge in [0.05, 0.1) is 19.8 Å². The number of nitrogens with one attached hydrogen (secondary N) is 2. The second-order valence-corrected chi connectivity index (χ2v) is 11.8. The molecule has 54 heavy (non-hydrogen) atoms. The minimum Gasteiger partial charge on any atom is -0.461 e. The number of hydrogen-bond acceptors (Lipinski definition) is 13. The topological polar surface area (TPSA) is 217 Å². The number of furan rings is 1. The molecular weight excluding hydrogens is 708 g/mol. The lowest BCUT2D eigenvalue weighted by molar-refractivity contribution is -0.148. The first-order valence-electron chi connectivity index (χ1n) is 17.0. The molecule has 290 valence electrons. The van der Waals surface area contributed by atoms with Gasteiger partial charge in [-0.25, -0.2) is 9.59 Å². The van der Waals surface area contributed by atoms with E-state index in [1.54, 1.807) is 49.4 Å². The number of Topliss-reactive ketones (excluding diaryl/α,β-unsaturated/α-hetero) is 2. The highest BCUT2D eigenvalue weighted by molar-refractivity contribution is 6.11. The van der Waals surface area contributed by atoms with Crippen molar-refractivity contribution in [3.8, 4) is 11.1 Å². The van der Waals surface area contributed by atoms with E-state index in [0.29, 0.717) is 35.1 Å². The molecule has 2 aromatic carbocycles. The van der Waals surface area contributed by atoms with Crippen LogP contribution >= 0.6 is 0 Å². The Morgan fingerprint density at radius 1 is 0.685 bits per heavy atom. The number of alkyl carbamates (subject to hydrolysis) is 2. The lowest BCUT2D eigenvalue weighted by Crippen LogP contribution is -2.43. The standard InChI is InChI=1S/C37H44N4O13/c1-6-14-40(31(44)17-38-36(48)50-4)19-33(46)52-21-29(42)25-10-8-24(9-11-25)26-12-13-27(35-28(26)16-23(3)54-35)30(43)22-53-34(47)20-41(15-7-2)32(45)18-39-37(49)51-5/h8-13,16H,6-7,14-15,17-22H2,1-5H3,(H,38,48)(H,39,49). The van der Waals surface area contributed by atoms with Crippen molar-refractivity contribution in [2.24, 2.45) is 0 Å². The van der Waals surface area contributed by atoms with Crippen molar-refractivity contribution >= 4 is 58.5 Å². The van der Waals surface area contributed by atoms with Gasteiger partial charge in [0, 0.05) is 24.0 Å². The monoisotopic (exact) mass is 752 g/mol. The third-order valence-corrected chi connectivity index (χ3v) is 7.82. The average Bonchev–Trinajstić information content (AvgIpc) is 3.57. The van der Waals surface area contributed by atoms with Crippen molar-refractivity contribution in [1.82, 2.24) is 20.4 Å². The van der Waals surface area contributed by atoms with E-state index in [4.69, 9.17) is 13.9 Å². The largest absolute Gasteiger partial charge is 0.461 e. The Morgan fingerprint density at radius 2 is 1.19 bits per heavy atom. The molecule has 1 aromatic heterocycles. The normalized spacial score (nSPS) is 10.5. The Kier molecular flexibility index (Phi) is 16.2. The van der Waals surface area contributed by atoms with E-state index < -0.39 is 73.8 Å². The molecule has 0 aliphatic rings. The third kappa shape index (κ3) is 12.2. The van der Waals surface area contributed by atoms with Gasteiger partial charge in [0.15, 0.2) is 19.0 Å². The number of ether oxygens (including phenoxy) is 4. The van der Waals surface area contributed by atoms with E-state index in [1.807, 2.05) is 13.8 Å². The molecule has 17 heteroatoms. The highest BCUT2D eigenvalue weighted by Crippen LogP contribution is 2.33. The maximum absolute atomic E-state index is 13.2. The molecule has 17 nitrogen and oxygen atoms in total. The van der Waals surface area contributed by atoms with Crippen molar-refractivity contribution in [1.29, 1.82) is 0 Å². The number of nitrogens with zero attached hydrogens (tertiary/aromatic N) is 2. The van der Waals surface area contributed by atoms with Crippen LogP contribution in [0.25, 0.3) is 22.1 Å². The molecule has 0 spiro atoms. The number of benzene rings is 2. The van der Waals surface area contributed by atoms with Crippen LogP contribution in [-0.4, -0.2) is 124 Å².